The third-order valence-electron chi connectivity index (χ3n) is 5.32. The number of allylic oxidation sites excluding steroid dienone is 1. The maximum absolute atomic E-state index is 11.1. The molecule has 3 aliphatic rings. The minimum atomic E-state index is -4.13. The summed E-state index contributed by atoms with van der Waals surface area (Å²) < 4.78 is 33.4. The highest BCUT2D eigenvalue weighted by atomic mass is 19.4. The second-order valence-corrected chi connectivity index (χ2v) is 8.45. The quantitative estimate of drug-likeness (QED) is 0.689. The van der Waals surface area contributed by atoms with Gasteiger partial charge in [0.1, 0.15) is 18.5 Å². The summed E-state index contributed by atoms with van der Waals surface area (Å²) >= 11 is 0. The Kier molecular flexibility index (Phi) is 7.84. The number of fused-ring (bicyclic) bond motifs is 2. The number of aliphatic imine (C=N–C) groups is 1. The van der Waals surface area contributed by atoms with Crippen molar-refractivity contribution in [3.05, 3.63) is 72.1 Å². The van der Waals surface area contributed by atoms with Gasteiger partial charge in [0, 0.05) is 37.1 Å². The van der Waals surface area contributed by atoms with E-state index in [1.54, 1.807) is 0 Å². The Morgan fingerprint density at radius 2 is 2.15 bits per heavy atom. The molecule has 1 aromatic heterocycles. The minimum absolute atomic E-state index is 0.245. The normalized spacial score (nSPS) is 18.9. The Bertz CT molecular complexity index is 961. The summed E-state index contributed by atoms with van der Waals surface area (Å²) in [5.41, 5.74) is 4.76. The van der Waals surface area contributed by atoms with Gasteiger partial charge in [-0.15, -0.1) is 0 Å². The van der Waals surface area contributed by atoms with Crippen LogP contribution in [0.4, 0.5) is 13.2 Å². The molecule has 3 aliphatic heterocycles. The van der Waals surface area contributed by atoms with E-state index in [0.717, 1.165) is 42.8 Å². The van der Waals surface area contributed by atoms with Crippen LogP contribution in [0.1, 0.15) is 37.1 Å². The van der Waals surface area contributed by atoms with E-state index < -0.39 is 12.7 Å². The van der Waals surface area contributed by atoms with Gasteiger partial charge in [-0.1, -0.05) is 26.5 Å². The van der Waals surface area contributed by atoms with Crippen molar-refractivity contribution in [1.82, 2.24) is 25.4 Å². The fourth-order valence-corrected chi connectivity index (χ4v) is 4.03. The van der Waals surface area contributed by atoms with Crippen molar-refractivity contribution in [3.8, 4) is 0 Å². The van der Waals surface area contributed by atoms with Gasteiger partial charge in [-0.3, -0.25) is 4.98 Å². The molecule has 1 unspecified atom stereocenters. The maximum atomic E-state index is 11.1. The van der Waals surface area contributed by atoms with Crippen LogP contribution in [0.2, 0.25) is 0 Å². The molecule has 0 fully saturated rings. The van der Waals surface area contributed by atoms with E-state index in [1.165, 1.54) is 11.1 Å². The van der Waals surface area contributed by atoms with E-state index in [9.17, 15) is 13.2 Å². The van der Waals surface area contributed by atoms with Crippen LogP contribution in [-0.2, 0) is 6.54 Å². The van der Waals surface area contributed by atoms with Crippen molar-refractivity contribution in [1.29, 1.82) is 0 Å². The number of rotatable bonds is 5. The fourth-order valence-electron chi connectivity index (χ4n) is 4.03. The molecule has 0 saturated heterocycles. The van der Waals surface area contributed by atoms with Crippen LogP contribution >= 0.6 is 0 Å². The molecule has 0 aliphatic carbocycles. The van der Waals surface area contributed by atoms with Gasteiger partial charge in [0.2, 0.25) is 0 Å². The molecule has 33 heavy (non-hydrogen) atoms. The van der Waals surface area contributed by atoms with Crippen molar-refractivity contribution in [2.75, 3.05) is 20.1 Å². The van der Waals surface area contributed by atoms with Crippen LogP contribution in [0.15, 0.2) is 60.3 Å². The number of hydrogen-bond donors (Lipinski definition) is 2. The first-order valence-corrected chi connectivity index (χ1v) is 10.9. The predicted octanol–water partition coefficient (Wildman–Crippen LogP) is 4.21. The average Bonchev–Trinajstić information content (AvgIpc) is 2.77. The lowest BCUT2D eigenvalue weighted by molar-refractivity contribution is -0.122. The first-order chi connectivity index (χ1) is 15.7. The molecule has 2 N–H and O–H groups in total. The molecular formula is C24H31F3N6. The monoisotopic (exact) mass is 460 g/mol. The van der Waals surface area contributed by atoms with Crippen LogP contribution in [0.3, 0.4) is 0 Å². The average molecular weight is 461 g/mol. The third kappa shape index (κ3) is 6.18. The lowest BCUT2D eigenvalue weighted by Gasteiger charge is -2.44. The number of pyridine rings is 1. The second kappa shape index (κ2) is 10.6. The van der Waals surface area contributed by atoms with E-state index in [4.69, 9.17) is 4.99 Å². The molecule has 1 aromatic rings. The lowest BCUT2D eigenvalue weighted by Crippen LogP contribution is -2.52. The number of halogens is 3. The van der Waals surface area contributed by atoms with Crippen LogP contribution < -0.4 is 10.6 Å². The van der Waals surface area contributed by atoms with E-state index in [-0.39, 0.29) is 6.17 Å². The van der Waals surface area contributed by atoms with E-state index in [2.05, 4.69) is 78.2 Å². The maximum Gasteiger partial charge on any atom is 0.405 e. The Morgan fingerprint density at radius 3 is 2.82 bits per heavy atom. The molecule has 0 amide bonds. The number of amidine groups is 1. The summed E-state index contributed by atoms with van der Waals surface area (Å²) in [6.45, 7) is 8.38. The summed E-state index contributed by atoms with van der Waals surface area (Å²) in [5, 5.41) is 5.16. The van der Waals surface area contributed by atoms with Gasteiger partial charge < -0.3 is 20.4 Å². The number of likely N-dealkylation sites (N-methyl/N-ethyl adjacent to an activating group) is 1. The minimum Gasteiger partial charge on any atom is -0.385 e. The van der Waals surface area contributed by atoms with Gasteiger partial charge in [0.05, 0.1) is 12.2 Å². The Balaban J connectivity index is 0.000000331. The topological polar surface area (TPSA) is 55.8 Å². The molecule has 0 bridgehead atoms. The molecule has 0 radical (unpaired) electrons. The Labute approximate surface area is 193 Å². The van der Waals surface area contributed by atoms with E-state index >= 15 is 0 Å². The van der Waals surface area contributed by atoms with Crippen LogP contribution in [0.5, 0.6) is 0 Å². The van der Waals surface area contributed by atoms with Gasteiger partial charge in [-0.2, -0.15) is 13.2 Å². The SMILES string of the molecule is C=CNCC(F)(F)F.CC(C)CN1C=CCC2=CN=C(c3ccnc4c3C=CNC4)N(C)C21. The molecular weight excluding hydrogens is 429 g/mol. The molecule has 4 rings (SSSR count). The van der Waals surface area contributed by atoms with Crippen LogP contribution in [0, 0.1) is 5.92 Å². The highest BCUT2D eigenvalue weighted by Crippen LogP contribution is 2.30. The Morgan fingerprint density at radius 1 is 1.36 bits per heavy atom. The summed E-state index contributed by atoms with van der Waals surface area (Å²) in [7, 11) is 2.15. The van der Waals surface area contributed by atoms with Crippen LogP contribution in [-0.4, -0.2) is 53.1 Å². The van der Waals surface area contributed by atoms with Crippen molar-refractivity contribution >= 4 is 11.9 Å². The first kappa shape index (κ1) is 24.4. The summed E-state index contributed by atoms with van der Waals surface area (Å²) in [6, 6.07) is 2.08. The lowest BCUT2D eigenvalue weighted by atomic mass is 9.98. The van der Waals surface area contributed by atoms with Gasteiger partial charge >= 0.3 is 6.18 Å². The van der Waals surface area contributed by atoms with Gasteiger partial charge in [0.25, 0.3) is 0 Å². The van der Waals surface area contributed by atoms with Crippen molar-refractivity contribution in [2.24, 2.45) is 10.9 Å². The predicted molar refractivity (Wildman–Crippen MR) is 126 cm³/mol. The van der Waals surface area contributed by atoms with Crippen molar-refractivity contribution in [2.45, 2.75) is 39.2 Å². The fraction of sp³-hybridized carbons (Fsp3) is 0.417. The zero-order valence-electron chi connectivity index (χ0n) is 19.2. The van der Waals surface area contributed by atoms with E-state index in [1.807, 2.05) is 17.7 Å². The van der Waals surface area contributed by atoms with Crippen LogP contribution in [0.25, 0.3) is 6.08 Å². The largest absolute Gasteiger partial charge is 0.405 e. The van der Waals surface area contributed by atoms with Gasteiger partial charge in [0.15, 0.2) is 0 Å². The smallest absolute Gasteiger partial charge is 0.385 e. The zero-order chi connectivity index (χ0) is 24.0. The number of hydrogen-bond acceptors (Lipinski definition) is 6. The molecule has 0 spiro atoms. The highest BCUT2D eigenvalue weighted by Gasteiger charge is 2.33. The van der Waals surface area contributed by atoms with E-state index in [0.29, 0.717) is 5.92 Å². The molecule has 9 heteroatoms. The summed E-state index contributed by atoms with van der Waals surface area (Å²) in [6.07, 6.45) is 10.6. The number of alkyl halides is 3. The molecule has 0 saturated carbocycles. The summed E-state index contributed by atoms with van der Waals surface area (Å²) in [5.74, 6) is 1.63. The standard InChI is InChI=1S/C20H25N5.C4H6F3N/c1-14(2)13-25-10-4-5-15-11-23-19(24(3)20(15)25)17-7-9-22-18-12-21-8-6-16(17)18;1-2-8-3-4(5,6)7/h4,6-11,14,20-21H,5,12-13H2,1-3H3;2,8H,1,3H2. The first-order valence-electron chi connectivity index (χ1n) is 10.9. The molecule has 178 valence electrons. The van der Waals surface area contributed by atoms with Gasteiger partial charge in [-0.05, 0) is 48.7 Å². The van der Waals surface area contributed by atoms with Crippen molar-refractivity contribution in [3.63, 3.8) is 0 Å². The van der Waals surface area contributed by atoms with Gasteiger partial charge in [-0.25, -0.2) is 4.99 Å². The summed E-state index contributed by atoms with van der Waals surface area (Å²) in [4.78, 5) is 14.1. The highest BCUT2D eigenvalue weighted by molar-refractivity contribution is 6.03. The zero-order valence-corrected chi connectivity index (χ0v) is 19.2. The second-order valence-electron chi connectivity index (χ2n) is 8.45. The number of nitrogens with zero attached hydrogens (tertiary/aromatic N) is 4. The molecule has 4 heterocycles. The van der Waals surface area contributed by atoms with Crippen molar-refractivity contribution < 1.29 is 13.2 Å². The molecule has 0 aromatic carbocycles. The third-order valence-corrected chi connectivity index (χ3v) is 5.32. The number of aromatic nitrogens is 1. The molecule has 6 nitrogen and oxygen atoms in total. The Hall–Kier alpha value is -3.23. The number of nitrogens with one attached hydrogen (secondary N) is 2. The molecule has 1 atom stereocenters.